The number of hydrogen-bond acceptors (Lipinski definition) is 4. The highest BCUT2D eigenvalue weighted by Crippen LogP contribution is 2.23. The van der Waals surface area contributed by atoms with E-state index in [9.17, 15) is 5.11 Å². The van der Waals surface area contributed by atoms with Crippen LogP contribution in [0, 0.1) is 13.8 Å². The van der Waals surface area contributed by atoms with Gasteiger partial charge in [0, 0.05) is 13.0 Å². The van der Waals surface area contributed by atoms with Gasteiger partial charge in [0.25, 0.3) is 0 Å². The Labute approximate surface area is 153 Å². The topological polar surface area (TPSA) is 67.5 Å². The summed E-state index contributed by atoms with van der Waals surface area (Å²) in [6, 6.07) is 13.9. The molecule has 3 aromatic rings. The van der Waals surface area contributed by atoms with Crippen LogP contribution in [0.5, 0.6) is 5.75 Å². The second-order valence-corrected chi connectivity index (χ2v) is 6.64. The summed E-state index contributed by atoms with van der Waals surface area (Å²) in [5.41, 5.74) is 4.03. The van der Waals surface area contributed by atoms with Crippen LogP contribution in [0.3, 0.4) is 0 Å². The summed E-state index contributed by atoms with van der Waals surface area (Å²) in [6.45, 7) is 4.77. The Bertz CT molecular complexity index is 853. The Morgan fingerprint density at radius 1 is 1.08 bits per heavy atom. The molecule has 1 unspecified atom stereocenters. The van der Waals surface area contributed by atoms with Crippen LogP contribution in [0.1, 0.15) is 23.4 Å². The molecule has 5 heteroatoms. The van der Waals surface area contributed by atoms with E-state index in [0.717, 1.165) is 33.7 Å². The third-order valence-corrected chi connectivity index (χ3v) is 4.51. The molecule has 0 radical (unpaired) electrons. The minimum absolute atomic E-state index is 0.126. The van der Waals surface area contributed by atoms with E-state index in [-0.39, 0.29) is 13.2 Å². The molecule has 0 saturated heterocycles. The lowest BCUT2D eigenvalue weighted by molar-refractivity contribution is 0.0920. The fourth-order valence-corrected chi connectivity index (χ4v) is 3.23. The van der Waals surface area contributed by atoms with E-state index < -0.39 is 6.10 Å². The molecule has 0 fully saturated rings. The average molecular weight is 354 g/mol. The first-order valence-electron chi connectivity index (χ1n) is 9.02. The van der Waals surface area contributed by atoms with E-state index in [0.29, 0.717) is 19.4 Å². The van der Waals surface area contributed by atoms with Gasteiger partial charge in [0.15, 0.2) is 0 Å². The molecule has 0 bridgehead atoms. The van der Waals surface area contributed by atoms with Crippen molar-refractivity contribution >= 4 is 11.0 Å². The number of imidazole rings is 1. The Kier molecular flexibility index (Phi) is 5.91. The minimum atomic E-state index is -0.653. The first-order valence-corrected chi connectivity index (χ1v) is 9.02. The number of aliphatic hydroxyl groups excluding tert-OH is 2. The van der Waals surface area contributed by atoms with Crippen LogP contribution in [0.25, 0.3) is 11.0 Å². The highest BCUT2D eigenvalue weighted by Gasteiger charge is 2.15. The zero-order valence-corrected chi connectivity index (χ0v) is 15.4. The van der Waals surface area contributed by atoms with Crippen molar-refractivity contribution in [2.45, 2.75) is 39.3 Å². The second-order valence-electron chi connectivity index (χ2n) is 6.64. The maximum atomic E-state index is 10.6. The van der Waals surface area contributed by atoms with E-state index >= 15 is 0 Å². The van der Waals surface area contributed by atoms with Gasteiger partial charge in [0.1, 0.15) is 24.3 Å². The number of benzene rings is 2. The summed E-state index contributed by atoms with van der Waals surface area (Å²) in [4.78, 5) is 4.65. The van der Waals surface area contributed by atoms with Gasteiger partial charge in [-0.3, -0.25) is 0 Å². The molecule has 0 aliphatic rings. The molecule has 2 aromatic carbocycles. The van der Waals surface area contributed by atoms with Crippen LogP contribution in [-0.4, -0.2) is 39.1 Å². The molecule has 0 aliphatic carbocycles. The van der Waals surface area contributed by atoms with E-state index in [1.54, 1.807) is 0 Å². The maximum absolute atomic E-state index is 10.6. The highest BCUT2D eigenvalue weighted by molar-refractivity contribution is 5.75. The largest absolute Gasteiger partial charge is 0.490 e. The van der Waals surface area contributed by atoms with Gasteiger partial charge in [0.2, 0.25) is 0 Å². The number of aryl methyl sites for hydroxylation is 3. The predicted molar refractivity (Wildman–Crippen MR) is 103 cm³/mol. The molecule has 26 heavy (non-hydrogen) atoms. The zero-order valence-electron chi connectivity index (χ0n) is 15.4. The molecule has 0 spiro atoms. The van der Waals surface area contributed by atoms with Crippen LogP contribution in [0.4, 0.5) is 0 Å². The van der Waals surface area contributed by atoms with Crippen LogP contribution in [0.15, 0.2) is 42.5 Å². The third kappa shape index (κ3) is 4.06. The second kappa shape index (κ2) is 8.34. The van der Waals surface area contributed by atoms with Crippen molar-refractivity contribution in [3.8, 4) is 5.75 Å². The molecule has 1 heterocycles. The monoisotopic (exact) mass is 354 g/mol. The number of hydrogen-bond donors (Lipinski definition) is 2. The molecule has 0 saturated carbocycles. The summed E-state index contributed by atoms with van der Waals surface area (Å²) >= 11 is 0. The van der Waals surface area contributed by atoms with Crippen molar-refractivity contribution in [2.75, 3.05) is 13.2 Å². The lowest BCUT2D eigenvalue weighted by Crippen LogP contribution is -2.25. The number of ether oxygens (including phenoxy) is 1. The van der Waals surface area contributed by atoms with Crippen molar-refractivity contribution in [1.29, 1.82) is 0 Å². The van der Waals surface area contributed by atoms with Crippen molar-refractivity contribution < 1.29 is 14.9 Å². The van der Waals surface area contributed by atoms with Crippen molar-refractivity contribution in [1.82, 2.24) is 9.55 Å². The molecule has 1 aromatic heterocycles. The first kappa shape index (κ1) is 18.4. The Balaban J connectivity index is 1.75. The zero-order chi connectivity index (χ0) is 18.5. The standard InChI is InChI=1S/C21H26N2O3/c1-15-7-5-8-16(2)21(15)26-14-17(25)13-23-19-10-4-3-9-18(19)22-20(23)11-6-12-24/h3-5,7-10,17,24-25H,6,11-14H2,1-2H3. The molecule has 5 nitrogen and oxygen atoms in total. The van der Waals surface area contributed by atoms with E-state index in [1.807, 2.05) is 60.9 Å². The van der Waals surface area contributed by atoms with Gasteiger partial charge < -0.3 is 19.5 Å². The molecular formula is C21H26N2O3. The van der Waals surface area contributed by atoms with Gasteiger partial charge in [-0.2, -0.15) is 0 Å². The summed E-state index contributed by atoms with van der Waals surface area (Å²) in [6.07, 6.45) is 0.674. The van der Waals surface area contributed by atoms with Crippen molar-refractivity contribution in [3.05, 3.63) is 59.4 Å². The number of fused-ring (bicyclic) bond motifs is 1. The van der Waals surface area contributed by atoms with E-state index in [2.05, 4.69) is 4.98 Å². The number of rotatable bonds is 8. The van der Waals surface area contributed by atoms with Crippen LogP contribution in [0.2, 0.25) is 0 Å². The van der Waals surface area contributed by atoms with Crippen LogP contribution < -0.4 is 4.74 Å². The minimum Gasteiger partial charge on any atom is -0.490 e. The van der Waals surface area contributed by atoms with Gasteiger partial charge in [-0.25, -0.2) is 4.98 Å². The smallest absolute Gasteiger partial charge is 0.125 e. The summed E-state index contributed by atoms with van der Waals surface area (Å²) in [7, 11) is 0. The highest BCUT2D eigenvalue weighted by atomic mass is 16.5. The summed E-state index contributed by atoms with van der Waals surface area (Å²) in [5.74, 6) is 1.72. The predicted octanol–water partition coefficient (Wildman–Crippen LogP) is 3.02. The summed E-state index contributed by atoms with van der Waals surface area (Å²) < 4.78 is 7.92. The summed E-state index contributed by atoms with van der Waals surface area (Å²) in [5, 5.41) is 19.7. The van der Waals surface area contributed by atoms with Gasteiger partial charge in [-0.1, -0.05) is 30.3 Å². The third-order valence-electron chi connectivity index (χ3n) is 4.51. The van der Waals surface area contributed by atoms with Gasteiger partial charge in [-0.05, 0) is 43.5 Å². The molecule has 1 atom stereocenters. The van der Waals surface area contributed by atoms with Crippen molar-refractivity contribution in [2.24, 2.45) is 0 Å². The van der Waals surface area contributed by atoms with E-state index in [1.165, 1.54) is 0 Å². The van der Waals surface area contributed by atoms with Crippen LogP contribution in [-0.2, 0) is 13.0 Å². The fourth-order valence-electron chi connectivity index (χ4n) is 3.23. The fraction of sp³-hybridized carbons (Fsp3) is 0.381. The normalized spacial score (nSPS) is 12.5. The molecule has 0 amide bonds. The van der Waals surface area contributed by atoms with Crippen LogP contribution >= 0.6 is 0 Å². The number of nitrogens with zero attached hydrogens (tertiary/aromatic N) is 2. The SMILES string of the molecule is Cc1cccc(C)c1OCC(O)Cn1c(CCCO)nc2ccccc21. The van der Waals surface area contributed by atoms with Gasteiger partial charge in [0.05, 0.1) is 17.6 Å². The van der Waals surface area contributed by atoms with Crippen molar-refractivity contribution in [3.63, 3.8) is 0 Å². The Hall–Kier alpha value is -2.37. The Morgan fingerprint density at radius 2 is 1.81 bits per heavy atom. The number of aromatic nitrogens is 2. The molecule has 138 valence electrons. The lowest BCUT2D eigenvalue weighted by Gasteiger charge is -2.17. The first-order chi connectivity index (χ1) is 12.6. The quantitative estimate of drug-likeness (QED) is 0.652. The molecule has 3 rings (SSSR count). The Morgan fingerprint density at radius 3 is 2.54 bits per heavy atom. The molecular weight excluding hydrogens is 328 g/mol. The molecule has 0 aliphatic heterocycles. The maximum Gasteiger partial charge on any atom is 0.125 e. The molecule has 2 N–H and O–H groups in total. The lowest BCUT2D eigenvalue weighted by atomic mass is 10.1. The number of para-hydroxylation sites is 3. The van der Waals surface area contributed by atoms with E-state index in [4.69, 9.17) is 9.84 Å². The van der Waals surface area contributed by atoms with Gasteiger partial charge >= 0.3 is 0 Å². The number of aliphatic hydroxyl groups is 2. The van der Waals surface area contributed by atoms with Gasteiger partial charge in [-0.15, -0.1) is 0 Å². The average Bonchev–Trinajstić information content (AvgIpc) is 2.97.